The molecule has 1 aliphatic rings. The number of hydrogen-bond acceptors (Lipinski definition) is 2. The van der Waals surface area contributed by atoms with E-state index in [1.165, 1.54) is 154 Å². The highest BCUT2D eigenvalue weighted by atomic mass is 15.4. The Morgan fingerprint density at radius 1 is 0.469 bits per heavy atom. The molecule has 1 atom stereocenters. The van der Waals surface area contributed by atoms with Crippen LogP contribution < -0.4 is 0 Å². The summed E-state index contributed by atoms with van der Waals surface area (Å²) in [6, 6.07) is 0. The Balaban J connectivity index is 1.84. The molecule has 0 aromatic rings. The zero-order valence-corrected chi connectivity index (χ0v) is 22.6. The van der Waals surface area contributed by atoms with Crippen LogP contribution in [-0.4, -0.2) is 29.6 Å². The molecule has 32 heavy (non-hydrogen) atoms. The zero-order valence-electron chi connectivity index (χ0n) is 22.6. The molecule has 1 unspecified atom stereocenters. The van der Waals surface area contributed by atoms with Crippen molar-refractivity contribution in [1.29, 1.82) is 0 Å². The molecule has 0 saturated heterocycles. The molecule has 0 aromatic heterocycles. The van der Waals surface area contributed by atoms with E-state index in [0.29, 0.717) is 6.17 Å². The van der Waals surface area contributed by atoms with Gasteiger partial charge < -0.3 is 9.80 Å². The van der Waals surface area contributed by atoms with E-state index in [-0.39, 0.29) is 0 Å². The predicted octanol–water partition coefficient (Wildman–Crippen LogP) is 10.0. The lowest BCUT2D eigenvalue weighted by atomic mass is 10.0. The molecule has 0 saturated carbocycles. The van der Waals surface area contributed by atoms with Crippen LogP contribution in [0.15, 0.2) is 12.4 Å². The van der Waals surface area contributed by atoms with Crippen LogP contribution in [0.5, 0.6) is 0 Å². The van der Waals surface area contributed by atoms with Gasteiger partial charge in [-0.2, -0.15) is 0 Å². The average Bonchev–Trinajstić information content (AvgIpc) is 3.15. The summed E-state index contributed by atoms with van der Waals surface area (Å²) in [4.78, 5) is 5.03. The van der Waals surface area contributed by atoms with Crippen molar-refractivity contribution in [2.24, 2.45) is 0 Å². The van der Waals surface area contributed by atoms with E-state index in [2.05, 4.69) is 43.1 Å². The summed E-state index contributed by atoms with van der Waals surface area (Å²) in [5.41, 5.74) is 0. The standard InChI is InChI=1S/C30H60N2/c1-4-6-8-10-11-12-13-14-15-16-17-18-19-20-21-23-25-27-32-29-28-31(3)30(32)26-24-22-9-7-5-2/h28-30H,4-27H2,1-3H3. The molecule has 0 radical (unpaired) electrons. The molecule has 0 aliphatic carbocycles. The van der Waals surface area contributed by atoms with E-state index in [1.807, 2.05) is 0 Å². The van der Waals surface area contributed by atoms with Crippen molar-refractivity contribution in [1.82, 2.24) is 9.80 Å². The number of rotatable bonds is 24. The Bertz CT molecular complexity index is 406. The van der Waals surface area contributed by atoms with Gasteiger partial charge in [0.15, 0.2) is 0 Å². The summed E-state index contributed by atoms with van der Waals surface area (Å²) in [6.45, 7) is 5.85. The van der Waals surface area contributed by atoms with Gasteiger partial charge in [-0.1, -0.05) is 142 Å². The molecule has 0 fully saturated rings. The van der Waals surface area contributed by atoms with E-state index in [0.717, 1.165) is 0 Å². The highest BCUT2D eigenvalue weighted by Gasteiger charge is 2.22. The Morgan fingerprint density at radius 2 is 0.844 bits per heavy atom. The molecule has 2 nitrogen and oxygen atoms in total. The van der Waals surface area contributed by atoms with Gasteiger partial charge in [-0.05, 0) is 19.3 Å². The Labute approximate surface area is 203 Å². The van der Waals surface area contributed by atoms with E-state index in [9.17, 15) is 0 Å². The van der Waals surface area contributed by atoms with Gasteiger partial charge in [-0.3, -0.25) is 0 Å². The summed E-state index contributed by atoms with van der Waals surface area (Å²) in [5, 5.41) is 0. The lowest BCUT2D eigenvalue weighted by Crippen LogP contribution is -2.37. The molecule has 2 heteroatoms. The number of hydrogen-bond donors (Lipinski definition) is 0. The molecular weight excluding hydrogens is 388 g/mol. The van der Waals surface area contributed by atoms with Gasteiger partial charge in [0.2, 0.25) is 0 Å². The van der Waals surface area contributed by atoms with Gasteiger partial charge in [0, 0.05) is 26.0 Å². The van der Waals surface area contributed by atoms with Crippen molar-refractivity contribution in [3.63, 3.8) is 0 Å². The topological polar surface area (TPSA) is 6.48 Å². The summed E-state index contributed by atoms with van der Waals surface area (Å²) in [6.07, 6.45) is 38.2. The third-order valence-corrected chi connectivity index (χ3v) is 7.43. The molecule has 1 aliphatic heterocycles. The van der Waals surface area contributed by atoms with E-state index >= 15 is 0 Å². The van der Waals surface area contributed by atoms with E-state index in [1.54, 1.807) is 0 Å². The maximum atomic E-state index is 2.60. The second-order valence-electron chi connectivity index (χ2n) is 10.5. The Hall–Kier alpha value is -0.660. The summed E-state index contributed by atoms with van der Waals surface area (Å²) in [7, 11) is 2.25. The van der Waals surface area contributed by atoms with Gasteiger partial charge in [0.05, 0.1) is 0 Å². The smallest absolute Gasteiger partial charge is 0.100 e. The van der Waals surface area contributed by atoms with Gasteiger partial charge in [-0.25, -0.2) is 0 Å². The van der Waals surface area contributed by atoms with Crippen molar-refractivity contribution >= 4 is 0 Å². The van der Waals surface area contributed by atoms with Gasteiger partial charge >= 0.3 is 0 Å². The normalized spacial score (nSPS) is 15.9. The van der Waals surface area contributed by atoms with Crippen LogP contribution in [0.3, 0.4) is 0 Å². The first kappa shape index (κ1) is 29.4. The number of nitrogens with zero attached hydrogens (tertiary/aromatic N) is 2. The summed E-state index contributed by atoms with van der Waals surface area (Å²) >= 11 is 0. The molecular formula is C30H60N2. The lowest BCUT2D eigenvalue weighted by Gasteiger charge is -2.30. The van der Waals surface area contributed by atoms with Crippen molar-refractivity contribution in [2.75, 3.05) is 13.6 Å². The third kappa shape index (κ3) is 16.0. The lowest BCUT2D eigenvalue weighted by molar-refractivity contribution is 0.159. The largest absolute Gasteiger partial charge is 0.359 e. The quantitative estimate of drug-likeness (QED) is 0.135. The fraction of sp³-hybridized carbons (Fsp3) is 0.933. The fourth-order valence-electron chi connectivity index (χ4n) is 5.17. The van der Waals surface area contributed by atoms with Crippen LogP contribution in [-0.2, 0) is 0 Å². The molecule has 0 amide bonds. The highest BCUT2D eigenvalue weighted by Crippen LogP contribution is 2.21. The molecule has 0 N–H and O–H groups in total. The third-order valence-electron chi connectivity index (χ3n) is 7.43. The van der Waals surface area contributed by atoms with Crippen molar-refractivity contribution < 1.29 is 0 Å². The van der Waals surface area contributed by atoms with Crippen LogP contribution in [0, 0.1) is 0 Å². The molecule has 1 rings (SSSR count). The summed E-state index contributed by atoms with van der Waals surface area (Å²) < 4.78 is 0. The predicted molar refractivity (Wildman–Crippen MR) is 145 cm³/mol. The van der Waals surface area contributed by atoms with Gasteiger partial charge in [0.1, 0.15) is 6.17 Å². The van der Waals surface area contributed by atoms with Crippen molar-refractivity contribution in [3.05, 3.63) is 12.4 Å². The zero-order chi connectivity index (χ0) is 23.1. The molecule has 1 heterocycles. The minimum absolute atomic E-state index is 0.623. The van der Waals surface area contributed by atoms with Crippen LogP contribution in [0.1, 0.15) is 162 Å². The molecule has 0 aromatic carbocycles. The first-order valence-corrected chi connectivity index (χ1v) is 15.0. The van der Waals surface area contributed by atoms with Crippen LogP contribution >= 0.6 is 0 Å². The maximum Gasteiger partial charge on any atom is 0.100 e. The second kappa shape index (κ2) is 22.1. The van der Waals surface area contributed by atoms with E-state index in [4.69, 9.17) is 0 Å². The molecule has 0 bridgehead atoms. The minimum atomic E-state index is 0.623. The fourth-order valence-corrected chi connectivity index (χ4v) is 5.17. The van der Waals surface area contributed by atoms with Crippen LogP contribution in [0.25, 0.3) is 0 Å². The second-order valence-corrected chi connectivity index (χ2v) is 10.5. The van der Waals surface area contributed by atoms with Gasteiger partial charge in [0.25, 0.3) is 0 Å². The van der Waals surface area contributed by atoms with Crippen LogP contribution in [0.2, 0.25) is 0 Å². The Kier molecular flexibility index (Phi) is 20.3. The molecule has 0 spiro atoms. The number of unbranched alkanes of at least 4 members (excludes halogenated alkanes) is 20. The maximum absolute atomic E-state index is 2.60. The first-order chi connectivity index (χ1) is 15.8. The minimum Gasteiger partial charge on any atom is -0.359 e. The van der Waals surface area contributed by atoms with Gasteiger partial charge in [-0.15, -0.1) is 0 Å². The summed E-state index contributed by atoms with van der Waals surface area (Å²) in [5.74, 6) is 0. The first-order valence-electron chi connectivity index (χ1n) is 15.0. The monoisotopic (exact) mass is 448 g/mol. The van der Waals surface area contributed by atoms with Crippen molar-refractivity contribution in [2.45, 2.75) is 168 Å². The molecule has 190 valence electrons. The van der Waals surface area contributed by atoms with Crippen molar-refractivity contribution in [3.8, 4) is 0 Å². The Morgan fingerprint density at radius 3 is 1.28 bits per heavy atom. The highest BCUT2D eigenvalue weighted by molar-refractivity contribution is 4.95. The SMILES string of the molecule is CCCCCCCCCCCCCCCCCCCN1C=CN(C)C1CCCCCCC. The van der Waals surface area contributed by atoms with E-state index < -0.39 is 0 Å². The average molecular weight is 449 g/mol. The van der Waals surface area contributed by atoms with Crippen LogP contribution in [0.4, 0.5) is 0 Å².